The van der Waals surface area contributed by atoms with E-state index in [-0.39, 0.29) is 11.9 Å². The zero-order chi connectivity index (χ0) is 17.8. The Kier molecular flexibility index (Phi) is 5.34. The lowest BCUT2D eigenvalue weighted by atomic mass is 9.87. The van der Waals surface area contributed by atoms with Crippen LogP contribution in [0.2, 0.25) is 0 Å². The Bertz CT molecular complexity index is 722. The summed E-state index contributed by atoms with van der Waals surface area (Å²) >= 11 is 0. The van der Waals surface area contributed by atoms with E-state index < -0.39 is 0 Å². The quantitative estimate of drug-likeness (QED) is 0.896. The average molecular weight is 353 g/mol. The van der Waals surface area contributed by atoms with Crippen molar-refractivity contribution in [1.82, 2.24) is 15.4 Å². The maximum absolute atomic E-state index is 12.1. The summed E-state index contributed by atoms with van der Waals surface area (Å²) in [5.41, 5.74) is 2.35. The zero-order valence-electron chi connectivity index (χ0n) is 15.2. The Labute approximate surface area is 154 Å². The molecule has 1 aliphatic heterocycles. The van der Waals surface area contributed by atoms with Crippen molar-refractivity contribution in [2.45, 2.75) is 57.0 Å². The number of piperazine rings is 1. The van der Waals surface area contributed by atoms with E-state index in [2.05, 4.69) is 33.6 Å². The lowest BCUT2D eigenvalue weighted by Gasteiger charge is -2.32. The van der Waals surface area contributed by atoms with Crippen LogP contribution in [0.4, 0.5) is 0 Å². The molecule has 5 nitrogen and oxygen atoms in total. The molecule has 138 valence electrons. The molecule has 4 rings (SSSR count). The minimum Gasteiger partial charge on any atom is -0.360 e. The normalized spacial score (nSPS) is 22.3. The van der Waals surface area contributed by atoms with Crippen molar-refractivity contribution in [2.24, 2.45) is 0 Å². The summed E-state index contributed by atoms with van der Waals surface area (Å²) in [6.45, 7) is 1.91. The highest BCUT2D eigenvalue weighted by molar-refractivity contribution is 5.79. The van der Waals surface area contributed by atoms with Crippen molar-refractivity contribution < 1.29 is 9.32 Å². The number of amides is 1. The van der Waals surface area contributed by atoms with E-state index in [1.807, 2.05) is 18.2 Å². The van der Waals surface area contributed by atoms with Crippen LogP contribution in [0.5, 0.6) is 0 Å². The van der Waals surface area contributed by atoms with Gasteiger partial charge in [-0.05, 0) is 24.8 Å². The zero-order valence-corrected chi connectivity index (χ0v) is 15.2. The number of carbonyl (C=O) groups is 1. The number of benzene rings is 1. The molecule has 2 heterocycles. The van der Waals surface area contributed by atoms with Crippen LogP contribution < -0.4 is 5.32 Å². The number of nitrogens with zero attached hydrogens (tertiary/aromatic N) is 2. The second kappa shape index (κ2) is 8.04. The first-order valence-electron chi connectivity index (χ1n) is 9.77. The largest absolute Gasteiger partial charge is 0.360 e. The number of aromatic nitrogens is 1. The maximum atomic E-state index is 12.1. The summed E-state index contributed by atoms with van der Waals surface area (Å²) in [4.78, 5) is 14.3. The molecule has 1 amide bonds. The predicted octanol–water partition coefficient (Wildman–Crippen LogP) is 3.27. The molecule has 2 aromatic rings. The van der Waals surface area contributed by atoms with Crippen LogP contribution in [0.25, 0.3) is 0 Å². The summed E-state index contributed by atoms with van der Waals surface area (Å²) in [6.07, 6.45) is 7.22. The van der Waals surface area contributed by atoms with Gasteiger partial charge in [-0.2, -0.15) is 0 Å². The highest BCUT2D eigenvalue weighted by Crippen LogP contribution is 2.32. The molecule has 2 aliphatic rings. The summed E-state index contributed by atoms with van der Waals surface area (Å²) in [7, 11) is 0. The van der Waals surface area contributed by atoms with E-state index in [1.165, 1.54) is 37.7 Å². The van der Waals surface area contributed by atoms with Crippen molar-refractivity contribution in [3.05, 3.63) is 53.4 Å². The van der Waals surface area contributed by atoms with E-state index in [0.717, 1.165) is 24.4 Å². The molecule has 1 saturated heterocycles. The van der Waals surface area contributed by atoms with Crippen LogP contribution in [0.15, 0.2) is 40.9 Å². The number of carbonyl (C=O) groups excluding carboxylic acids is 1. The third-order valence-electron chi connectivity index (χ3n) is 5.52. The Hall–Kier alpha value is -2.14. The Morgan fingerprint density at radius 1 is 1.15 bits per heavy atom. The molecular formula is C21H27N3O2. The summed E-state index contributed by atoms with van der Waals surface area (Å²) in [5, 5.41) is 7.42. The topological polar surface area (TPSA) is 58.4 Å². The third kappa shape index (κ3) is 4.33. The molecule has 1 aromatic carbocycles. The van der Waals surface area contributed by atoms with Crippen molar-refractivity contribution in [3.63, 3.8) is 0 Å². The number of hydrogen-bond acceptors (Lipinski definition) is 4. The minimum atomic E-state index is 0.0872. The molecule has 0 spiro atoms. The SMILES string of the molecule is O=C1CN(Cc2cc(C3CCCCC3)no2)C[C@H](Cc2ccccc2)N1. The van der Waals surface area contributed by atoms with E-state index in [0.29, 0.717) is 19.0 Å². The molecule has 1 N–H and O–H groups in total. The van der Waals surface area contributed by atoms with Crippen LogP contribution in [-0.4, -0.2) is 35.1 Å². The first kappa shape index (κ1) is 17.3. The highest BCUT2D eigenvalue weighted by Gasteiger charge is 2.26. The Balaban J connectivity index is 1.36. The summed E-state index contributed by atoms with van der Waals surface area (Å²) in [6, 6.07) is 12.6. The Morgan fingerprint density at radius 3 is 2.77 bits per heavy atom. The standard InChI is InChI=1S/C21H27N3O2/c25-21-15-24(13-18(22-21)11-16-7-3-1-4-8-16)14-19-12-20(23-26-19)17-9-5-2-6-10-17/h1,3-4,7-8,12,17-18H,2,5-6,9-11,13-15H2,(H,22,25)/t18-/m0/s1. The van der Waals surface area contributed by atoms with Gasteiger partial charge < -0.3 is 9.84 Å². The summed E-state index contributed by atoms with van der Waals surface area (Å²) < 4.78 is 5.59. The van der Waals surface area contributed by atoms with Crippen LogP contribution >= 0.6 is 0 Å². The first-order chi connectivity index (χ1) is 12.8. The van der Waals surface area contributed by atoms with Gasteiger partial charge in [0, 0.05) is 24.6 Å². The molecule has 1 saturated carbocycles. The molecule has 0 bridgehead atoms. The van der Waals surface area contributed by atoms with Gasteiger partial charge in [0.15, 0.2) is 5.76 Å². The van der Waals surface area contributed by atoms with Gasteiger partial charge in [0.2, 0.25) is 5.91 Å². The molecule has 1 atom stereocenters. The van der Waals surface area contributed by atoms with Crippen LogP contribution in [0.3, 0.4) is 0 Å². The number of nitrogens with one attached hydrogen (secondary N) is 1. The fourth-order valence-electron chi connectivity index (χ4n) is 4.25. The first-order valence-corrected chi connectivity index (χ1v) is 9.77. The molecule has 0 unspecified atom stereocenters. The highest BCUT2D eigenvalue weighted by atomic mass is 16.5. The number of hydrogen-bond donors (Lipinski definition) is 1. The van der Waals surface area contributed by atoms with E-state index >= 15 is 0 Å². The lowest BCUT2D eigenvalue weighted by Crippen LogP contribution is -2.54. The monoisotopic (exact) mass is 353 g/mol. The smallest absolute Gasteiger partial charge is 0.234 e. The molecule has 5 heteroatoms. The molecular weight excluding hydrogens is 326 g/mol. The number of rotatable bonds is 5. The van der Waals surface area contributed by atoms with Crippen molar-refractivity contribution in [1.29, 1.82) is 0 Å². The van der Waals surface area contributed by atoms with E-state index in [9.17, 15) is 4.79 Å². The maximum Gasteiger partial charge on any atom is 0.234 e. The van der Waals surface area contributed by atoms with Crippen molar-refractivity contribution >= 4 is 5.91 Å². The van der Waals surface area contributed by atoms with Crippen LogP contribution in [0.1, 0.15) is 55.0 Å². The van der Waals surface area contributed by atoms with Crippen LogP contribution in [0, 0.1) is 0 Å². The van der Waals surface area contributed by atoms with Gasteiger partial charge in [-0.25, -0.2) is 0 Å². The van der Waals surface area contributed by atoms with Gasteiger partial charge >= 0.3 is 0 Å². The van der Waals surface area contributed by atoms with Gasteiger partial charge in [-0.3, -0.25) is 9.69 Å². The lowest BCUT2D eigenvalue weighted by molar-refractivity contribution is -0.125. The van der Waals surface area contributed by atoms with Gasteiger partial charge in [0.1, 0.15) is 0 Å². The minimum absolute atomic E-state index is 0.0872. The Morgan fingerprint density at radius 2 is 1.96 bits per heavy atom. The average Bonchev–Trinajstić information content (AvgIpc) is 3.11. The van der Waals surface area contributed by atoms with Gasteiger partial charge in [0.05, 0.1) is 18.8 Å². The molecule has 26 heavy (non-hydrogen) atoms. The third-order valence-corrected chi connectivity index (χ3v) is 5.52. The second-order valence-corrected chi connectivity index (χ2v) is 7.68. The van der Waals surface area contributed by atoms with Gasteiger partial charge in [-0.1, -0.05) is 54.8 Å². The second-order valence-electron chi connectivity index (χ2n) is 7.68. The van der Waals surface area contributed by atoms with Crippen molar-refractivity contribution in [3.8, 4) is 0 Å². The van der Waals surface area contributed by atoms with E-state index in [1.54, 1.807) is 0 Å². The fourth-order valence-corrected chi connectivity index (χ4v) is 4.25. The van der Waals surface area contributed by atoms with Gasteiger partial charge in [0.25, 0.3) is 0 Å². The van der Waals surface area contributed by atoms with Crippen LogP contribution in [-0.2, 0) is 17.8 Å². The summed E-state index contributed by atoms with van der Waals surface area (Å²) in [5.74, 6) is 1.51. The van der Waals surface area contributed by atoms with Gasteiger partial charge in [-0.15, -0.1) is 0 Å². The van der Waals surface area contributed by atoms with E-state index in [4.69, 9.17) is 4.52 Å². The molecule has 1 aromatic heterocycles. The molecule has 0 radical (unpaired) electrons. The van der Waals surface area contributed by atoms with Crippen molar-refractivity contribution in [2.75, 3.05) is 13.1 Å². The molecule has 2 fully saturated rings. The fraction of sp³-hybridized carbons (Fsp3) is 0.524. The predicted molar refractivity (Wildman–Crippen MR) is 99.7 cm³/mol. The molecule has 1 aliphatic carbocycles.